The van der Waals surface area contributed by atoms with E-state index in [1.807, 2.05) is 6.07 Å². The van der Waals surface area contributed by atoms with Crippen molar-refractivity contribution in [3.63, 3.8) is 0 Å². The number of hydrogen-bond donors (Lipinski definition) is 1. The lowest BCUT2D eigenvalue weighted by Gasteiger charge is -2.14. The summed E-state index contributed by atoms with van der Waals surface area (Å²) in [6.45, 7) is 1.47. The number of rotatable bonds is 4. The van der Waals surface area contributed by atoms with Gasteiger partial charge in [0.05, 0.1) is 18.7 Å². The Labute approximate surface area is 99.0 Å². The molecule has 16 heavy (non-hydrogen) atoms. The molecule has 4 nitrogen and oxygen atoms in total. The van der Waals surface area contributed by atoms with Gasteiger partial charge < -0.3 is 14.6 Å². The van der Waals surface area contributed by atoms with E-state index in [0.717, 1.165) is 0 Å². The molecule has 1 unspecified atom stereocenters. The van der Waals surface area contributed by atoms with Crippen molar-refractivity contribution in [1.82, 2.24) is 0 Å². The summed E-state index contributed by atoms with van der Waals surface area (Å²) in [5.41, 5.74) is 0.624. The third-order valence-corrected chi connectivity index (χ3v) is 2.23. The molecule has 0 saturated heterocycles. The quantitative estimate of drug-likeness (QED) is 0.877. The van der Waals surface area contributed by atoms with Gasteiger partial charge in [-0.3, -0.25) is 0 Å². The molecule has 1 aromatic rings. The molecule has 0 bridgehead atoms. The number of aliphatic hydroxyl groups excluding tert-OH is 1. The lowest BCUT2D eigenvalue weighted by atomic mass is 10.2. The second kappa shape index (κ2) is 5.59. The molecule has 0 spiro atoms. The van der Waals surface area contributed by atoms with Gasteiger partial charge in [0.15, 0.2) is 17.6 Å². The number of hydrogen-bond acceptors (Lipinski definition) is 4. The second-order valence-corrected chi connectivity index (χ2v) is 3.56. The van der Waals surface area contributed by atoms with Crippen molar-refractivity contribution in [1.29, 1.82) is 5.26 Å². The van der Waals surface area contributed by atoms with E-state index in [9.17, 15) is 0 Å². The summed E-state index contributed by atoms with van der Waals surface area (Å²) in [6.07, 6.45) is -0.619. The molecule has 0 radical (unpaired) electrons. The summed E-state index contributed by atoms with van der Waals surface area (Å²) >= 11 is 5.97. The van der Waals surface area contributed by atoms with Crippen molar-refractivity contribution in [2.45, 2.75) is 19.6 Å². The SMILES string of the molecule is COc1cc(CO)cc(Cl)c1OC(C)C#N. The van der Waals surface area contributed by atoms with Gasteiger partial charge in [0.2, 0.25) is 0 Å². The monoisotopic (exact) mass is 241 g/mol. The van der Waals surface area contributed by atoms with Gasteiger partial charge in [-0.15, -0.1) is 0 Å². The van der Waals surface area contributed by atoms with Gasteiger partial charge in [0, 0.05) is 0 Å². The summed E-state index contributed by atoms with van der Waals surface area (Å²) < 4.78 is 10.4. The molecule has 1 atom stereocenters. The molecule has 1 rings (SSSR count). The predicted molar refractivity (Wildman–Crippen MR) is 59.6 cm³/mol. The third kappa shape index (κ3) is 2.78. The minimum atomic E-state index is -0.619. The van der Waals surface area contributed by atoms with Gasteiger partial charge >= 0.3 is 0 Å². The summed E-state index contributed by atoms with van der Waals surface area (Å²) in [5.74, 6) is 0.717. The molecule has 5 heteroatoms. The molecule has 86 valence electrons. The fourth-order valence-electron chi connectivity index (χ4n) is 1.18. The van der Waals surface area contributed by atoms with Crippen LogP contribution >= 0.6 is 11.6 Å². The van der Waals surface area contributed by atoms with Gasteiger partial charge in [-0.25, -0.2) is 0 Å². The molecule has 0 saturated carbocycles. The Balaban J connectivity index is 3.12. The number of ether oxygens (including phenoxy) is 2. The van der Waals surface area contributed by atoms with Crippen LogP contribution in [0.3, 0.4) is 0 Å². The number of nitrogens with zero attached hydrogens (tertiary/aromatic N) is 1. The van der Waals surface area contributed by atoms with Crippen LogP contribution in [-0.2, 0) is 6.61 Å². The third-order valence-electron chi connectivity index (χ3n) is 1.95. The highest BCUT2D eigenvalue weighted by atomic mass is 35.5. The zero-order valence-corrected chi connectivity index (χ0v) is 9.78. The first-order valence-electron chi connectivity index (χ1n) is 4.66. The van der Waals surface area contributed by atoms with Crippen molar-refractivity contribution < 1.29 is 14.6 Å². The van der Waals surface area contributed by atoms with Crippen molar-refractivity contribution in [2.75, 3.05) is 7.11 Å². The highest BCUT2D eigenvalue weighted by Crippen LogP contribution is 2.37. The molecular weight excluding hydrogens is 230 g/mol. The van der Waals surface area contributed by atoms with Gasteiger partial charge in [-0.2, -0.15) is 5.26 Å². The number of nitriles is 1. The largest absolute Gasteiger partial charge is 0.493 e. The van der Waals surface area contributed by atoms with Crippen molar-refractivity contribution in [3.05, 3.63) is 22.7 Å². The lowest BCUT2D eigenvalue weighted by Crippen LogP contribution is -2.09. The van der Waals surface area contributed by atoms with Crippen LogP contribution in [0.4, 0.5) is 0 Å². The van der Waals surface area contributed by atoms with E-state index < -0.39 is 6.10 Å². The standard InChI is InChI=1S/C11H12ClNO3/c1-7(5-13)16-11-9(12)3-8(6-14)4-10(11)15-2/h3-4,7,14H,6H2,1-2H3. The molecule has 1 aromatic carbocycles. The van der Waals surface area contributed by atoms with Gasteiger partial charge in [0.1, 0.15) is 6.07 Å². The summed E-state index contributed by atoms with van der Waals surface area (Å²) in [7, 11) is 1.47. The predicted octanol–water partition coefficient (Wildman–Crippen LogP) is 2.13. The Bertz CT molecular complexity index is 414. The van der Waals surface area contributed by atoms with Crippen LogP contribution in [0.15, 0.2) is 12.1 Å². The van der Waals surface area contributed by atoms with Gasteiger partial charge in [0.25, 0.3) is 0 Å². The van der Waals surface area contributed by atoms with E-state index in [2.05, 4.69) is 0 Å². The Kier molecular flexibility index (Phi) is 4.41. The molecule has 0 heterocycles. The minimum absolute atomic E-state index is 0.135. The maximum absolute atomic E-state index is 8.99. The Hall–Kier alpha value is -1.44. The van der Waals surface area contributed by atoms with E-state index in [-0.39, 0.29) is 6.61 Å². The molecule has 0 aliphatic heterocycles. The number of aliphatic hydroxyl groups is 1. The van der Waals surface area contributed by atoms with Gasteiger partial charge in [-0.1, -0.05) is 11.6 Å². The number of benzene rings is 1. The maximum atomic E-state index is 8.99. The van der Waals surface area contributed by atoms with Crippen LogP contribution in [-0.4, -0.2) is 18.3 Å². The molecule has 0 aromatic heterocycles. The van der Waals surface area contributed by atoms with Crippen molar-refractivity contribution in [3.8, 4) is 17.6 Å². The van der Waals surface area contributed by atoms with E-state index in [0.29, 0.717) is 22.1 Å². The first-order chi connectivity index (χ1) is 7.62. The zero-order valence-electron chi connectivity index (χ0n) is 9.03. The fraction of sp³-hybridized carbons (Fsp3) is 0.364. The lowest BCUT2D eigenvalue weighted by molar-refractivity contribution is 0.257. The normalized spacial score (nSPS) is 11.7. The maximum Gasteiger partial charge on any atom is 0.182 e. The van der Waals surface area contributed by atoms with E-state index in [1.54, 1.807) is 19.1 Å². The summed E-state index contributed by atoms with van der Waals surface area (Å²) in [6, 6.07) is 5.12. The van der Waals surface area contributed by atoms with Crippen LogP contribution in [0.2, 0.25) is 5.02 Å². The Morgan fingerprint density at radius 3 is 2.75 bits per heavy atom. The van der Waals surface area contributed by atoms with E-state index in [1.165, 1.54) is 7.11 Å². The van der Waals surface area contributed by atoms with E-state index in [4.69, 9.17) is 31.4 Å². The average molecular weight is 242 g/mol. The average Bonchev–Trinajstić information content (AvgIpc) is 2.30. The first-order valence-corrected chi connectivity index (χ1v) is 5.03. The zero-order chi connectivity index (χ0) is 12.1. The van der Waals surface area contributed by atoms with Crippen LogP contribution in [0.5, 0.6) is 11.5 Å². The number of halogens is 1. The van der Waals surface area contributed by atoms with Crippen LogP contribution < -0.4 is 9.47 Å². The summed E-state index contributed by atoms with van der Waals surface area (Å²) in [5, 5.41) is 18.0. The van der Waals surface area contributed by atoms with Crippen molar-refractivity contribution in [2.24, 2.45) is 0 Å². The molecule has 0 aliphatic rings. The molecular formula is C11H12ClNO3. The molecule has 1 N–H and O–H groups in total. The molecule has 0 aliphatic carbocycles. The second-order valence-electron chi connectivity index (χ2n) is 3.16. The fourth-order valence-corrected chi connectivity index (χ4v) is 1.46. The first kappa shape index (κ1) is 12.6. The molecule has 0 amide bonds. The molecule has 0 fully saturated rings. The highest BCUT2D eigenvalue weighted by Gasteiger charge is 2.14. The topological polar surface area (TPSA) is 62.5 Å². The Morgan fingerprint density at radius 1 is 1.56 bits per heavy atom. The Morgan fingerprint density at radius 2 is 2.25 bits per heavy atom. The number of methoxy groups -OCH3 is 1. The van der Waals surface area contributed by atoms with Crippen LogP contribution in [0.25, 0.3) is 0 Å². The van der Waals surface area contributed by atoms with E-state index >= 15 is 0 Å². The van der Waals surface area contributed by atoms with Crippen molar-refractivity contribution >= 4 is 11.6 Å². The highest BCUT2D eigenvalue weighted by molar-refractivity contribution is 6.32. The minimum Gasteiger partial charge on any atom is -0.493 e. The summed E-state index contributed by atoms with van der Waals surface area (Å²) in [4.78, 5) is 0. The smallest absolute Gasteiger partial charge is 0.182 e. The van der Waals surface area contributed by atoms with Gasteiger partial charge in [-0.05, 0) is 24.6 Å². The van der Waals surface area contributed by atoms with Crippen LogP contribution in [0.1, 0.15) is 12.5 Å². The van der Waals surface area contributed by atoms with Crippen LogP contribution in [0, 0.1) is 11.3 Å².